The van der Waals surface area contributed by atoms with Gasteiger partial charge in [-0.1, -0.05) is 26.0 Å². The monoisotopic (exact) mass is 454 g/mol. The van der Waals surface area contributed by atoms with Crippen LogP contribution in [-0.2, 0) is 9.59 Å². The number of hydrogen-bond acceptors (Lipinski definition) is 6. The fraction of sp³-hybridized carbons (Fsp3) is 0.360. The maximum Gasteiger partial charge on any atom is 0.295 e. The van der Waals surface area contributed by atoms with Crippen molar-refractivity contribution in [3.8, 4) is 11.5 Å². The van der Waals surface area contributed by atoms with Crippen LogP contribution in [0.5, 0.6) is 11.5 Å². The highest BCUT2D eigenvalue weighted by Crippen LogP contribution is 2.41. The fourth-order valence-electron chi connectivity index (χ4n) is 4.34. The average molecular weight is 454 g/mol. The van der Waals surface area contributed by atoms with E-state index in [1.54, 1.807) is 24.3 Å². The van der Waals surface area contributed by atoms with Crippen molar-refractivity contribution in [2.45, 2.75) is 26.3 Å². The summed E-state index contributed by atoms with van der Waals surface area (Å²) in [4.78, 5) is 29.7. The zero-order valence-corrected chi connectivity index (χ0v) is 18.7. The van der Waals surface area contributed by atoms with Crippen molar-refractivity contribution >= 4 is 17.4 Å². The normalized spacial score (nSPS) is 19.0. The van der Waals surface area contributed by atoms with Gasteiger partial charge in [-0.25, -0.2) is 4.39 Å². The van der Waals surface area contributed by atoms with Crippen LogP contribution in [0, 0.1) is 5.82 Å². The Balaban J connectivity index is 1.73. The van der Waals surface area contributed by atoms with Crippen LogP contribution in [0.3, 0.4) is 0 Å². The van der Waals surface area contributed by atoms with Crippen LogP contribution in [-0.4, -0.2) is 59.6 Å². The van der Waals surface area contributed by atoms with Gasteiger partial charge in [0.05, 0.1) is 11.6 Å². The van der Waals surface area contributed by atoms with Crippen LogP contribution >= 0.6 is 0 Å². The number of carbonyl (C=O) groups is 2. The Morgan fingerprint density at radius 1 is 1.12 bits per heavy atom. The fourth-order valence-corrected chi connectivity index (χ4v) is 4.34. The van der Waals surface area contributed by atoms with E-state index in [1.165, 1.54) is 23.1 Å². The minimum atomic E-state index is -0.886. The molecule has 2 aliphatic heterocycles. The molecule has 1 N–H and O–H groups in total. The summed E-state index contributed by atoms with van der Waals surface area (Å²) in [6.07, 6.45) is 0.643. The van der Waals surface area contributed by atoms with Crippen molar-refractivity contribution in [2.75, 3.05) is 33.0 Å². The first-order chi connectivity index (χ1) is 15.9. The molecule has 0 saturated carbocycles. The molecule has 2 aliphatic rings. The highest BCUT2D eigenvalue weighted by Gasteiger charge is 2.46. The largest absolute Gasteiger partial charge is 0.507 e. The quantitative estimate of drug-likeness (QED) is 0.372. The van der Waals surface area contributed by atoms with Crippen LogP contribution in [0.1, 0.15) is 37.4 Å². The summed E-state index contributed by atoms with van der Waals surface area (Å²) in [6, 6.07) is 9.69. The van der Waals surface area contributed by atoms with Gasteiger partial charge in [-0.05, 0) is 62.0 Å². The van der Waals surface area contributed by atoms with Crippen LogP contribution < -0.4 is 9.47 Å². The molecule has 7 nitrogen and oxygen atoms in total. The molecule has 2 heterocycles. The zero-order chi connectivity index (χ0) is 23.5. The number of ether oxygens (including phenoxy) is 2. The third-order valence-electron chi connectivity index (χ3n) is 6.12. The number of carbonyl (C=O) groups excluding carboxylic acids is 2. The van der Waals surface area contributed by atoms with Crippen molar-refractivity contribution in [3.05, 3.63) is 65.0 Å². The van der Waals surface area contributed by atoms with Crippen molar-refractivity contribution in [3.63, 3.8) is 0 Å². The lowest BCUT2D eigenvalue weighted by Crippen LogP contribution is -2.33. The zero-order valence-electron chi connectivity index (χ0n) is 18.7. The van der Waals surface area contributed by atoms with Crippen LogP contribution in [0.4, 0.5) is 4.39 Å². The number of hydrogen-bond donors (Lipinski definition) is 1. The van der Waals surface area contributed by atoms with Gasteiger partial charge >= 0.3 is 0 Å². The molecule has 1 amide bonds. The molecule has 1 unspecified atom stereocenters. The maximum absolute atomic E-state index is 14.1. The van der Waals surface area contributed by atoms with Gasteiger partial charge < -0.3 is 24.4 Å². The SMILES string of the molecule is CCN(CC)CCCN1C(=O)C(=O)/C(=C(/O)c2ccc3c(c2)OCO3)C1c1cccc(F)c1. The van der Waals surface area contributed by atoms with E-state index in [0.29, 0.717) is 35.6 Å². The van der Waals surface area contributed by atoms with Crippen LogP contribution in [0.25, 0.3) is 5.76 Å². The lowest BCUT2D eigenvalue weighted by atomic mass is 9.95. The molecule has 8 heteroatoms. The molecule has 0 spiro atoms. The molecule has 0 aromatic heterocycles. The van der Waals surface area contributed by atoms with Gasteiger partial charge in [0, 0.05) is 12.1 Å². The van der Waals surface area contributed by atoms with Gasteiger partial charge in [-0.2, -0.15) is 0 Å². The van der Waals surface area contributed by atoms with Gasteiger partial charge in [0.15, 0.2) is 11.5 Å². The number of fused-ring (bicyclic) bond motifs is 1. The number of benzene rings is 2. The number of halogens is 1. The number of amides is 1. The molecule has 174 valence electrons. The molecule has 2 aromatic rings. The highest BCUT2D eigenvalue weighted by atomic mass is 19.1. The molecule has 0 bridgehead atoms. The number of aliphatic hydroxyl groups is 1. The second-order valence-corrected chi connectivity index (χ2v) is 8.00. The predicted molar refractivity (Wildman–Crippen MR) is 120 cm³/mol. The number of nitrogens with zero attached hydrogens (tertiary/aromatic N) is 2. The molecule has 1 atom stereocenters. The maximum atomic E-state index is 14.1. The first kappa shape index (κ1) is 22.8. The minimum Gasteiger partial charge on any atom is -0.507 e. The van der Waals surface area contributed by atoms with Crippen molar-refractivity contribution in [1.29, 1.82) is 0 Å². The minimum absolute atomic E-state index is 0.0627. The van der Waals surface area contributed by atoms with E-state index >= 15 is 0 Å². The van der Waals surface area contributed by atoms with Gasteiger partial charge in [0.1, 0.15) is 11.6 Å². The molecule has 1 fully saturated rings. The Bertz CT molecular complexity index is 1100. The number of ketones is 1. The highest BCUT2D eigenvalue weighted by molar-refractivity contribution is 6.46. The smallest absolute Gasteiger partial charge is 0.295 e. The topological polar surface area (TPSA) is 79.3 Å². The standard InChI is InChI=1S/C25H27FN2O5/c1-3-27(4-2)11-6-12-28-22(16-7-5-8-18(26)13-16)21(24(30)25(28)31)23(29)17-9-10-19-20(14-17)33-15-32-19/h5,7-10,13-14,22,29H,3-4,6,11-12,15H2,1-2H3/b23-21+. The summed E-state index contributed by atoms with van der Waals surface area (Å²) in [5.41, 5.74) is 0.688. The van der Waals surface area contributed by atoms with Gasteiger partial charge in [-0.3, -0.25) is 9.59 Å². The number of aliphatic hydroxyl groups excluding tert-OH is 1. The van der Waals surface area contributed by atoms with E-state index in [1.807, 2.05) is 0 Å². The molecular formula is C25H27FN2O5. The molecule has 33 heavy (non-hydrogen) atoms. The van der Waals surface area contributed by atoms with E-state index < -0.39 is 23.5 Å². The summed E-state index contributed by atoms with van der Waals surface area (Å²) in [5.74, 6) is -1.33. The molecular weight excluding hydrogens is 427 g/mol. The second kappa shape index (κ2) is 9.62. The Labute approximate surface area is 192 Å². The van der Waals surface area contributed by atoms with Crippen molar-refractivity contribution in [2.24, 2.45) is 0 Å². The number of rotatable bonds is 8. The molecule has 4 rings (SSSR count). The van der Waals surface area contributed by atoms with E-state index in [2.05, 4.69) is 18.7 Å². The summed E-state index contributed by atoms with van der Waals surface area (Å²) < 4.78 is 24.8. The van der Waals surface area contributed by atoms with Crippen LogP contribution in [0.2, 0.25) is 0 Å². The lowest BCUT2D eigenvalue weighted by molar-refractivity contribution is -0.140. The molecule has 0 radical (unpaired) electrons. The Morgan fingerprint density at radius 2 is 1.88 bits per heavy atom. The van der Waals surface area contributed by atoms with E-state index in [4.69, 9.17) is 9.47 Å². The first-order valence-electron chi connectivity index (χ1n) is 11.1. The number of Topliss-reactive ketones (excluding diaryl/α,β-unsaturated/α-hetero) is 1. The van der Waals surface area contributed by atoms with E-state index in [9.17, 15) is 19.1 Å². The summed E-state index contributed by atoms with van der Waals surface area (Å²) in [6.45, 7) is 7.02. The van der Waals surface area contributed by atoms with Crippen molar-refractivity contribution in [1.82, 2.24) is 9.80 Å². The Kier molecular flexibility index (Phi) is 6.65. The van der Waals surface area contributed by atoms with Gasteiger partial charge in [0.2, 0.25) is 6.79 Å². The number of likely N-dealkylation sites (tertiary alicyclic amines) is 1. The predicted octanol–water partition coefficient (Wildman–Crippen LogP) is 3.71. The third kappa shape index (κ3) is 4.43. The van der Waals surface area contributed by atoms with E-state index in [0.717, 1.165) is 19.6 Å². The molecule has 0 aliphatic carbocycles. The van der Waals surface area contributed by atoms with Crippen LogP contribution in [0.15, 0.2) is 48.0 Å². The third-order valence-corrected chi connectivity index (χ3v) is 6.12. The summed E-state index contributed by atoms with van der Waals surface area (Å²) in [5, 5.41) is 11.1. The molecule has 2 aromatic carbocycles. The molecule has 1 saturated heterocycles. The first-order valence-corrected chi connectivity index (χ1v) is 11.1. The Hall–Kier alpha value is -3.39. The second-order valence-electron chi connectivity index (χ2n) is 8.00. The van der Waals surface area contributed by atoms with Gasteiger partial charge in [0.25, 0.3) is 11.7 Å². The summed E-state index contributed by atoms with van der Waals surface area (Å²) >= 11 is 0. The van der Waals surface area contributed by atoms with Crippen molar-refractivity contribution < 1.29 is 28.6 Å². The average Bonchev–Trinajstić information content (AvgIpc) is 3.39. The van der Waals surface area contributed by atoms with Gasteiger partial charge in [-0.15, -0.1) is 0 Å². The summed E-state index contributed by atoms with van der Waals surface area (Å²) in [7, 11) is 0. The lowest BCUT2D eigenvalue weighted by Gasteiger charge is -2.26. The Morgan fingerprint density at radius 3 is 2.61 bits per heavy atom. The van der Waals surface area contributed by atoms with E-state index in [-0.39, 0.29) is 18.1 Å².